The molecule has 6 heteroatoms. The Bertz CT molecular complexity index is 540. The van der Waals surface area contributed by atoms with E-state index in [-0.39, 0.29) is 6.10 Å². The normalized spacial score (nSPS) is 25.9. The highest BCUT2D eigenvalue weighted by atomic mass is 31.2. The lowest BCUT2D eigenvalue weighted by molar-refractivity contribution is -0.931. The summed E-state index contributed by atoms with van der Waals surface area (Å²) in [5.41, 5.74) is 0. The molecule has 0 aromatic carbocycles. The van der Waals surface area contributed by atoms with Crippen LogP contribution in [0.25, 0.3) is 0 Å². The fourth-order valence-electron chi connectivity index (χ4n) is 5.97. The van der Waals surface area contributed by atoms with Crippen molar-refractivity contribution in [3.63, 3.8) is 0 Å². The van der Waals surface area contributed by atoms with Crippen LogP contribution >= 0.6 is 7.82 Å². The van der Waals surface area contributed by atoms with Gasteiger partial charge in [-0.05, 0) is 6.42 Å². The molecule has 0 aromatic rings. The summed E-state index contributed by atoms with van der Waals surface area (Å²) < 4.78 is 24.2. The van der Waals surface area contributed by atoms with E-state index in [9.17, 15) is 9.46 Å². The fourth-order valence-corrected chi connectivity index (χ4v) is 6.94. The number of fused-ring (bicyclic) bond motifs is 2. The van der Waals surface area contributed by atoms with Crippen LogP contribution in [0.4, 0.5) is 0 Å². The van der Waals surface area contributed by atoms with Crippen LogP contribution in [0.1, 0.15) is 135 Å². The minimum Gasteiger partial charge on any atom is -0.323 e. The summed E-state index contributed by atoms with van der Waals surface area (Å²) in [6, 6.07) is 1.10. The van der Waals surface area contributed by atoms with Crippen LogP contribution in [-0.4, -0.2) is 48.3 Å². The lowest BCUT2D eigenvalue weighted by Crippen LogP contribution is -2.55. The third-order valence-corrected chi connectivity index (χ3v) is 9.39. The van der Waals surface area contributed by atoms with Gasteiger partial charge in [-0.2, -0.15) is 0 Å². The lowest BCUT2D eigenvalue weighted by atomic mass is 9.98. The van der Waals surface area contributed by atoms with E-state index in [4.69, 9.17) is 9.05 Å². The minimum absolute atomic E-state index is 0.129. The molecule has 0 saturated carbocycles. The molecule has 0 aromatic heterocycles. The number of hydrogen-bond acceptors (Lipinski definition) is 3. The number of nitrogens with zero attached hydrogens (tertiary/aromatic N) is 1. The van der Waals surface area contributed by atoms with Gasteiger partial charge in [0.1, 0.15) is 0 Å². The molecule has 196 valence electrons. The maximum atomic E-state index is 12.3. The van der Waals surface area contributed by atoms with E-state index in [1.165, 1.54) is 103 Å². The largest absolute Gasteiger partial charge is 0.472 e. The number of phosphoric acid groups is 1. The number of phosphoric ester groups is 1. The smallest absolute Gasteiger partial charge is 0.323 e. The van der Waals surface area contributed by atoms with E-state index in [1.807, 2.05) is 0 Å². The summed E-state index contributed by atoms with van der Waals surface area (Å²) >= 11 is 0. The van der Waals surface area contributed by atoms with Crippen LogP contribution in [0.2, 0.25) is 0 Å². The molecule has 5 nitrogen and oxygen atoms in total. The molecule has 33 heavy (non-hydrogen) atoms. The SMILES string of the molecule is CCCCCCCCCCCCCCCCCCOP(=O)(O)OC1CC2CCC(C1)[N+]2(C)C. The average molecular weight is 489 g/mol. The molecule has 2 rings (SSSR count). The summed E-state index contributed by atoms with van der Waals surface area (Å²) in [6.45, 7) is 2.61. The molecule has 2 bridgehead atoms. The van der Waals surface area contributed by atoms with E-state index in [0.29, 0.717) is 18.7 Å². The molecule has 1 N–H and O–H groups in total. The number of rotatable bonds is 20. The first kappa shape index (κ1) is 29.3. The average Bonchev–Trinajstić information content (AvgIpc) is 2.92. The van der Waals surface area contributed by atoms with Gasteiger partial charge in [0, 0.05) is 25.7 Å². The van der Waals surface area contributed by atoms with Crippen LogP contribution in [-0.2, 0) is 13.6 Å². The first-order valence-electron chi connectivity index (χ1n) is 14.3. The zero-order valence-electron chi connectivity index (χ0n) is 22.1. The second-order valence-electron chi connectivity index (χ2n) is 11.3. The van der Waals surface area contributed by atoms with Crippen molar-refractivity contribution in [1.29, 1.82) is 0 Å². The Morgan fingerprint density at radius 3 is 1.55 bits per heavy atom. The molecule has 3 unspecified atom stereocenters. The standard InChI is InChI=1S/C27H54NO4P/c1-4-5-6-7-8-9-10-11-12-13-14-15-16-17-18-19-22-31-33(29,30)32-27-23-25-20-21-26(24-27)28(25,2)3/h25-27H,4-24H2,1-3H3/p+1. The van der Waals surface area contributed by atoms with Crippen LogP contribution in [0, 0.1) is 0 Å². The molecule has 2 fully saturated rings. The quantitative estimate of drug-likeness (QED) is 0.107. The van der Waals surface area contributed by atoms with Crippen molar-refractivity contribution in [3.05, 3.63) is 0 Å². The highest BCUT2D eigenvalue weighted by molar-refractivity contribution is 7.47. The van der Waals surface area contributed by atoms with E-state index in [1.54, 1.807) is 0 Å². The molecule has 3 atom stereocenters. The van der Waals surface area contributed by atoms with Crippen molar-refractivity contribution < 1.29 is 23.0 Å². The van der Waals surface area contributed by atoms with E-state index < -0.39 is 7.82 Å². The third kappa shape index (κ3) is 11.6. The van der Waals surface area contributed by atoms with E-state index in [2.05, 4.69) is 21.0 Å². The highest BCUT2D eigenvalue weighted by Crippen LogP contribution is 2.49. The Morgan fingerprint density at radius 2 is 1.12 bits per heavy atom. The molecule has 0 spiro atoms. The monoisotopic (exact) mass is 488 g/mol. The van der Waals surface area contributed by atoms with Gasteiger partial charge in [-0.15, -0.1) is 0 Å². The van der Waals surface area contributed by atoms with Crippen LogP contribution in [0.5, 0.6) is 0 Å². The Labute approximate surface area is 205 Å². The van der Waals surface area contributed by atoms with Gasteiger partial charge >= 0.3 is 7.82 Å². The number of hydrogen-bond donors (Lipinski definition) is 1. The Hall–Kier alpha value is 0.0700. The van der Waals surface area contributed by atoms with Crippen molar-refractivity contribution in [2.75, 3.05) is 20.7 Å². The van der Waals surface area contributed by atoms with Crippen molar-refractivity contribution >= 4 is 7.82 Å². The topological polar surface area (TPSA) is 55.8 Å². The number of piperidine rings is 1. The first-order chi connectivity index (χ1) is 15.8. The van der Waals surface area contributed by atoms with E-state index >= 15 is 0 Å². The molecule has 0 amide bonds. The Kier molecular flexibility index (Phi) is 14.2. The minimum atomic E-state index is -3.92. The molecule has 2 heterocycles. The van der Waals surface area contributed by atoms with E-state index in [0.717, 1.165) is 30.2 Å². The zero-order valence-corrected chi connectivity index (χ0v) is 23.0. The second-order valence-corrected chi connectivity index (χ2v) is 12.7. The Balaban J connectivity index is 1.36. The summed E-state index contributed by atoms with van der Waals surface area (Å²) in [5.74, 6) is 0. The third-order valence-electron chi connectivity index (χ3n) is 8.32. The van der Waals surface area contributed by atoms with Crippen molar-refractivity contribution in [2.45, 2.75) is 154 Å². The summed E-state index contributed by atoms with van der Waals surface area (Å²) in [7, 11) is 0.640. The predicted molar refractivity (Wildman–Crippen MR) is 138 cm³/mol. The molecule has 0 radical (unpaired) electrons. The van der Waals surface area contributed by atoms with Crippen molar-refractivity contribution in [3.8, 4) is 0 Å². The van der Waals surface area contributed by atoms with Gasteiger partial charge in [-0.1, -0.05) is 103 Å². The number of quaternary nitrogens is 1. The number of unbranched alkanes of at least 4 members (excludes halogenated alkanes) is 15. The molecule has 2 saturated heterocycles. The van der Waals surface area contributed by atoms with Crippen LogP contribution in [0.3, 0.4) is 0 Å². The highest BCUT2D eigenvalue weighted by Gasteiger charge is 2.50. The van der Waals surface area contributed by atoms with Crippen molar-refractivity contribution in [2.24, 2.45) is 0 Å². The second kappa shape index (κ2) is 15.9. The summed E-state index contributed by atoms with van der Waals surface area (Å²) in [6.07, 6.45) is 25.1. The van der Waals surface area contributed by atoms with Gasteiger partial charge in [-0.3, -0.25) is 9.05 Å². The lowest BCUT2D eigenvalue weighted by Gasteiger charge is -2.44. The van der Waals surface area contributed by atoms with Crippen LogP contribution < -0.4 is 0 Å². The Morgan fingerprint density at radius 1 is 0.727 bits per heavy atom. The van der Waals surface area contributed by atoms with Crippen LogP contribution in [0.15, 0.2) is 0 Å². The maximum absolute atomic E-state index is 12.3. The maximum Gasteiger partial charge on any atom is 0.472 e. The molecule has 2 aliphatic rings. The molecule has 0 aliphatic carbocycles. The van der Waals surface area contributed by atoms with Crippen molar-refractivity contribution in [1.82, 2.24) is 0 Å². The molecule has 2 aliphatic heterocycles. The van der Waals surface area contributed by atoms with Gasteiger partial charge < -0.3 is 9.38 Å². The van der Waals surface area contributed by atoms with Gasteiger partial charge in [0.25, 0.3) is 0 Å². The summed E-state index contributed by atoms with van der Waals surface area (Å²) in [4.78, 5) is 10.1. The first-order valence-corrected chi connectivity index (χ1v) is 15.8. The zero-order chi connectivity index (χ0) is 24.0. The fraction of sp³-hybridized carbons (Fsp3) is 1.00. The van der Waals surface area contributed by atoms with Gasteiger partial charge in [0.2, 0.25) is 0 Å². The predicted octanol–water partition coefficient (Wildman–Crippen LogP) is 8.15. The summed E-state index contributed by atoms with van der Waals surface area (Å²) in [5, 5.41) is 0. The molecular weight excluding hydrogens is 433 g/mol. The van der Waals surface area contributed by atoms with Gasteiger partial charge in [0.15, 0.2) is 0 Å². The van der Waals surface area contributed by atoms with Gasteiger partial charge in [0.05, 0.1) is 38.9 Å². The molecular formula is C27H55NO4P+. The van der Waals surface area contributed by atoms with Gasteiger partial charge in [-0.25, -0.2) is 4.57 Å².